The number of rotatable bonds is 6. The quantitative estimate of drug-likeness (QED) is 0.538. The van der Waals surface area contributed by atoms with Gasteiger partial charge in [0.1, 0.15) is 6.54 Å². The molecular weight excluding hydrogens is 472 g/mol. The molecule has 3 aromatic carbocycles. The van der Waals surface area contributed by atoms with E-state index in [0.717, 1.165) is 16.0 Å². The number of carbonyl (C=O) groups is 4. The number of fused-ring (bicyclic) bond motifs is 2. The molecule has 9 heteroatoms. The second kappa shape index (κ2) is 9.77. The van der Waals surface area contributed by atoms with Gasteiger partial charge in [-0.3, -0.25) is 9.59 Å². The largest absolute Gasteiger partial charge is 0.427 e. The van der Waals surface area contributed by atoms with Crippen molar-refractivity contribution in [2.45, 2.75) is 25.0 Å². The monoisotopic (exact) mass is 498 g/mol. The van der Waals surface area contributed by atoms with Gasteiger partial charge in [0.2, 0.25) is 11.5 Å². The maximum absolute atomic E-state index is 13.6. The van der Waals surface area contributed by atoms with E-state index in [4.69, 9.17) is 4.74 Å². The predicted molar refractivity (Wildman–Crippen MR) is 137 cm³/mol. The standard InChI is InChI=1S/C28H26N4O5/c1-29-26(35)30-21-12-13-23-20(16-21)14-15-28(23)25(34)32(27(36)37-28)18-24(33)31(22-10-6-3-7-11-22)17-19-8-4-2-5-9-19/h2-13,16H,14-15,17-18H2,1H3,(H2,29,30,35)/t28-/m1/s1. The Morgan fingerprint density at radius 1 is 1.00 bits per heavy atom. The molecule has 0 saturated carbocycles. The van der Waals surface area contributed by atoms with Gasteiger partial charge in [-0.2, -0.15) is 0 Å². The van der Waals surface area contributed by atoms with Crippen molar-refractivity contribution in [1.29, 1.82) is 0 Å². The highest BCUT2D eigenvalue weighted by Crippen LogP contribution is 2.46. The summed E-state index contributed by atoms with van der Waals surface area (Å²) in [5.74, 6) is -0.954. The Bertz CT molecular complexity index is 1360. The summed E-state index contributed by atoms with van der Waals surface area (Å²) >= 11 is 0. The van der Waals surface area contributed by atoms with Crippen LogP contribution in [0.25, 0.3) is 0 Å². The van der Waals surface area contributed by atoms with Crippen LogP contribution >= 0.6 is 0 Å². The third-order valence-corrected chi connectivity index (χ3v) is 6.69. The highest BCUT2D eigenvalue weighted by molar-refractivity contribution is 6.08. The lowest BCUT2D eigenvalue weighted by molar-refractivity contribution is -0.139. The lowest BCUT2D eigenvalue weighted by Gasteiger charge is -2.25. The molecule has 1 spiro atoms. The topological polar surface area (TPSA) is 108 Å². The molecule has 1 aliphatic heterocycles. The van der Waals surface area contributed by atoms with Crippen LogP contribution in [0.1, 0.15) is 23.1 Å². The van der Waals surface area contributed by atoms with Gasteiger partial charge < -0.3 is 20.3 Å². The number of aryl methyl sites for hydroxylation is 1. The van der Waals surface area contributed by atoms with Crippen molar-refractivity contribution in [3.8, 4) is 0 Å². The number of nitrogens with one attached hydrogen (secondary N) is 2. The van der Waals surface area contributed by atoms with Crippen LogP contribution in [0.3, 0.4) is 0 Å². The predicted octanol–water partition coefficient (Wildman–Crippen LogP) is 3.79. The first-order valence-corrected chi connectivity index (χ1v) is 12.0. The number of benzene rings is 3. The Labute approximate surface area is 214 Å². The fourth-order valence-electron chi connectivity index (χ4n) is 4.84. The maximum Gasteiger partial charge on any atom is 0.418 e. The molecule has 1 atom stereocenters. The molecule has 9 nitrogen and oxygen atoms in total. The number of hydrogen-bond donors (Lipinski definition) is 2. The Morgan fingerprint density at radius 3 is 2.41 bits per heavy atom. The molecule has 188 valence electrons. The number of ether oxygens (including phenoxy) is 1. The van der Waals surface area contributed by atoms with Gasteiger partial charge in [-0.15, -0.1) is 0 Å². The summed E-state index contributed by atoms with van der Waals surface area (Å²) < 4.78 is 5.67. The van der Waals surface area contributed by atoms with Crippen molar-refractivity contribution < 1.29 is 23.9 Å². The van der Waals surface area contributed by atoms with Crippen molar-refractivity contribution in [3.63, 3.8) is 0 Å². The number of imide groups is 1. The molecule has 0 bridgehead atoms. The fraction of sp³-hybridized carbons (Fsp3) is 0.214. The molecule has 5 amide bonds. The molecule has 5 rings (SSSR count). The number of amides is 5. The van der Waals surface area contributed by atoms with E-state index < -0.39 is 30.1 Å². The molecule has 1 fully saturated rings. The van der Waals surface area contributed by atoms with Crippen LogP contribution in [-0.2, 0) is 32.9 Å². The number of hydrogen-bond acceptors (Lipinski definition) is 5. The highest BCUT2D eigenvalue weighted by atomic mass is 16.6. The first-order chi connectivity index (χ1) is 17.9. The number of urea groups is 1. The molecular formula is C28H26N4O5. The second-order valence-electron chi connectivity index (χ2n) is 8.96. The summed E-state index contributed by atoms with van der Waals surface area (Å²) in [6.45, 7) is -0.150. The zero-order valence-corrected chi connectivity index (χ0v) is 20.3. The average Bonchev–Trinajstić information content (AvgIpc) is 3.40. The van der Waals surface area contributed by atoms with Crippen molar-refractivity contribution in [1.82, 2.24) is 10.2 Å². The maximum atomic E-state index is 13.6. The van der Waals surface area contributed by atoms with E-state index in [-0.39, 0.29) is 19.0 Å². The van der Waals surface area contributed by atoms with Crippen LogP contribution in [0.5, 0.6) is 0 Å². The van der Waals surface area contributed by atoms with Gasteiger partial charge >= 0.3 is 12.1 Å². The van der Waals surface area contributed by atoms with Crippen LogP contribution in [0, 0.1) is 0 Å². The van der Waals surface area contributed by atoms with E-state index in [1.165, 1.54) is 7.05 Å². The van der Waals surface area contributed by atoms with Gasteiger partial charge in [-0.1, -0.05) is 54.6 Å². The second-order valence-corrected chi connectivity index (χ2v) is 8.96. The Morgan fingerprint density at radius 2 is 1.70 bits per heavy atom. The zero-order chi connectivity index (χ0) is 26.0. The number of para-hydroxylation sites is 1. The van der Waals surface area contributed by atoms with Crippen LogP contribution in [0.4, 0.5) is 21.0 Å². The van der Waals surface area contributed by atoms with E-state index in [1.807, 2.05) is 60.7 Å². The van der Waals surface area contributed by atoms with E-state index in [1.54, 1.807) is 23.1 Å². The van der Waals surface area contributed by atoms with Crippen molar-refractivity contribution in [2.24, 2.45) is 0 Å². The Kier molecular flexibility index (Phi) is 6.35. The third kappa shape index (κ3) is 4.51. The van der Waals surface area contributed by atoms with Gasteiger partial charge in [-0.25, -0.2) is 14.5 Å². The van der Waals surface area contributed by atoms with Crippen molar-refractivity contribution >= 4 is 35.3 Å². The minimum absolute atomic E-state index is 0.271. The number of nitrogens with zero attached hydrogens (tertiary/aromatic N) is 2. The molecule has 0 aromatic heterocycles. The number of anilines is 2. The van der Waals surface area contributed by atoms with E-state index in [2.05, 4.69) is 10.6 Å². The molecule has 0 unspecified atom stereocenters. The van der Waals surface area contributed by atoms with Crippen LogP contribution in [0.15, 0.2) is 78.9 Å². The smallest absolute Gasteiger partial charge is 0.418 e. The van der Waals surface area contributed by atoms with Crippen molar-refractivity contribution in [3.05, 3.63) is 95.6 Å². The van der Waals surface area contributed by atoms with Crippen LogP contribution < -0.4 is 15.5 Å². The molecule has 1 saturated heterocycles. The molecule has 2 N–H and O–H groups in total. The van der Waals surface area contributed by atoms with Gasteiger partial charge in [-0.05, 0) is 41.8 Å². The SMILES string of the molecule is CNC(=O)Nc1ccc2c(c1)CC[C@@]21OC(=O)N(CC(=O)N(Cc2ccccc2)c2ccccc2)C1=O. The van der Waals surface area contributed by atoms with Gasteiger partial charge in [0, 0.05) is 30.4 Å². The van der Waals surface area contributed by atoms with Gasteiger partial charge in [0.05, 0.1) is 6.54 Å². The minimum atomic E-state index is -1.46. The minimum Gasteiger partial charge on any atom is -0.427 e. The van der Waals surface area contributed by atoms with Crippen LogP contribution in [-0.4, -0.2) is 42.4 Å². The molecule has 3 aromatic rings. The first kappa shape index (κ1) is 24.1. The summed E-state index contributed by atoms with van der Waals surface area (Å²) in [7, 11) is 1.52. The van der Waals surface area contributed by atoms with Gasteiger partial charge in [0.15, 0.2) is 0 Å². The van der Waals surface area contributed by atoms with E-state index in [9.17, 15) is 19.2 Å². The molecule has 2 aliphatic rings. The number of carbonyl (C=O) groups excluding carboxylic acids is 4. The summed E-state index contributed by atoms with van der Waals surface area (Å²) in [5, 5.41) is 5.19. The highest BCUT2D eigenvalue weighted by Gasteiger charge is 2.58. The zero-order valence-electron chi connectivity index (χ0n) is 20.3. The van der Waals surface area contributed by atoms with Gasteiger partial charge in [0.25, 0.3) is 5.91 Å². The Hall–Kier alpha value is -4.66. The lowest BCUT2D eigenvalue weighted by atomic mass is 9.94. The van der Waals surface area contributed by atoms with Crippen LogP contribution in [0.2, 0.25) is 0 Å². The normalized spacial score (nSPS) is 17.9. The Balaban J connectivity index is 1.38. The molecule has 1 heterocycles. The molecule has 0 radical (unpaired) electrons. The summed E-state index contributed by atoms with van der Waals surface area (Å²) in [6, 6.07) is 23.4. The summed E-state index contributed by atoms with van der Waals surface area (Å²) in [6.07, 6.45) is -0.0803. The van der Waals surface area contributed by atoms with E-state index >= 15 is 0 Å². The summed E-state index contributed by atoms with van der Waals surface area (Å²) in [5.41, 5.74) is 2.06. The lowest BCUT2D eigenvalue weighted by Crippen LogP contribution is -2.44. The molecule has 37 heavy (non-hydrogen) atoms. The molecule has 1 aliphatic carbocycles. The third-order valence-electron chi connectivity index (χ3n) is 6.69. The van der Waals surface area contributed by atoms with E-state index in [0.29, 0.717) is 23.4 Å². The average molecular weight is 499 g/mol. The van der Waals surface area contributed by atoms with Crippen molar-refractivity contribution in [2.75, 3.05) is 23.8 Å². The first-order valence-electron chi connectivity index (χ1n) is 12.0. The fourth-order valence-corrected chi connectivity index (χ4v) is 4.84. The summed E-state index contributed by atoms with van der Waals surface area (Å²) in [4.78, 5) is 54.1.